The molecule has 2 aromatic carbocycles. The summed E-state index contributed by atoms with van der Waals surface area (Å²) >= 11 is 0. The molecule has 6 nitrogen and oxygen atoms in total. The number of aromatic hydroxyl groups is 2. The van der Waals surface area contributed by atoms with E-state index in [-0.39, 0.29) is 24.2 Å². The lowest BCUT2D eigenvalue weighted by molar-refractivity contribution is -0.121. The Bertz CT molecular complexity index is 845. The van der Waals surface area contributed by atoms with Crippen molar-refractivity contribution in [2.24, 2.45) is 0 Å². The Kier molecular flexibility index (Phi) is 4.79. The van der Waals surface area contributed by atoms with Crippen LogP contribution >= 0.6 is 0 Å². The Morgan fingerprint density at radius 3 is 2.20 bits per heavy atom. The van der Waals surface area contributed by atoms with Crippen molar-refractivity contribution in [2.45, 2.75) is 13.0 Å². The number of benzene rings is 2. The number of carbonyl (C=O) groups is 1. The fourth-order valence-electron chi connectivity index (χ4n) is 2.75. The Hall–Kier alpha value is -3.15. The van der Waals surface area contributed by atoms with Gasteiger partial charge in [0.15, 0.2) is 0 Å². The predicted molar refractivity (Wildman–Crippen MR) is 95.0 cm³/mol. The molecule has 0 saturated heterocycles. The Morgan fingerprint density at radius 1 is 1.04 bits per heavy atom. The average Bonchev–Trinajstić information content (AvgIpc) is 2.88. The number of aromatic nitrogens is 1. The van der Waals surface area contributed by atoms with Crippen molar-refractivity contribution in [3.05, 3.63) is 54.1 Å². The predicted octanol–water partition coefficient (Wildman–Crippen LogP) is 2.42. The summed E-state index contributed by atoms with van der Waals surface area (Å²) in [6, 6.07) is 14.6. The van der Waals surface area contributed by atoms with Crippen molar-refractivity contribution in [2.75, 3.05) is 13.7 Å². The number of methoxy groups -OCH3 is 1. The van der Waals surface area contributed by atoms with Crippen molar-refractivity contribution in [3.63, 3.8) is 0 Å². The van der Waals surface area contributed by atoms with Gasteiger partial charge in [-0.05, 0) is 36.2 Å². The van der Waals surface area contributed by atoms with Crippen molar-refractivity contribution in [1.29, 1.82) is 0 Å². The van der Waals surface area contributed by atoms with Crippen molar-refractivity contribution in [1.82, 2.24) is 9.88 Å². The number of ether oxygens (including phenoxy) is 1. The summed E-state index contributed by atoms with van der Waals surface area (Å²) in [4.78, 5) is 12.1. The summed E-state index contributed by atoms with van der Waals surface area (Å²) in [5.41, 5.74) is 1.08. The maximum Gasteiger partial charge on any atom is 0.240 e. The Balaban J connectivity index is 1.59. The smallest absolute Gasteiger partial charge is 0.240 e. The summed E-state index contributed by atoms with van der Waals surface area (Å²) in [7, 11) is 1.62. The molecule has 0 spiro atoms. The minimum atomic E-state index is -0.278. The molecule has 0 atom stereocenters. The van der Waals surface area contributed by atoms with E-state index in [9.17, 15) is 15.0 Å². The molecule has 1 amide bonds. The van der Waals surface area contributed by atoms with Gasteiger partial charge in [-0.3, -0.25) is 9.36 Å². The first-order valence-corrected chi connectivity index (χ1v) is 7.99. The first-order valence-electron chi connectivity index (χ1n) is 7.99. The molecule has 3 aromatic rings. The third kappa shape index (κ3) is 3.52. The molecule has 1 aromatic heterocycles. The summed E-state index contributed by atoms with van der Waals surface area (Å²) in [6.07, 6.45) is 0.682. The van der Waals surface area contributed by atoms with E-state index in [4.69, 9.17) is 4.74 Å². The normalized spacial score (nSPS) is 10.8. The van der Waals surface area contributed by atoms with Gasteiger partial charge >= 0.3 is 0 Å². The van der Waals surface area contributed by atoms with Gasteiger partial charge in [0, 0.05) is 17.3 Å². The summed E-state index contributed by atoms with van der Waals surface area (Å²) in [6.45, 7) is 0.322. The largest absolute Gasteiger partial charge is 0.497 e. The zero-order chi connectivity index (χ0) is 17.8. The SMILES string of the molecule is COc1ccc(CCNC(=O)Cn2c(O)c3ccccc3c2O)cc1. The van der Waals surface area contributed by atoms with Gasteiger partial charge in [-0.2, -0.15) is 0 Å². The molecule has 0 aliphatic rings. The van der Waals surface area contributed by atoms with Gasteiger partial charge in [0.05, 0.1) is 7.11 Å². The first kappa shape index (κ1) is 16.7. The van der Waals surface area contributed by atoms with E-state index in [2.05, 4.69) is 5.32 Å². The number of nitrogens with one attached hydrogen (secondary N) is 1. The van der Waals surface area contributed by atoms with E-state index in [0.29, 0.717) is 23.7 Å². The van der Waals surface area contributed by atoms with Gasteiger partial charge in [0.2, 0.25) is 17.7 Å². The zero-order valence-corrected chi connectivity index (χ0v) is 13.9. The zero-order valence-electron chi connectivity index (χ0n) is 13.9. The fourth-order valence-corrected chi connectivity index (χ4v) is 2.75. The van der Waals surface area contributed by atoms with Gasteiger partial charge in [-0.1, -0.05) is 24.3 Å². The third-order valence-electron chi connectivity index (χ3n) is 4.12. The van der Waals surface area contributed by atoms with Crippen LogP contribution in [0.15, 0.2) is 48.5 Å². The van der Waals surface area contributed by atoms with Crippen molar-refractivity contribution in [3.8, 4) is 17.5 Å². The van der Waals surface area contributed by atoms with Crippen LogP contribution in [0.2, 0.25) is 0 Å². The minimum absolute atomic E-state index is 0.113. The Morgan fingerprint density at radius 2 is 1.64 bits per heavy atom. The molecular weight excluding hydrogens is 320 g/mol. The second-order valence-corrected chi connectivity index (χ2v) is 5.73. The highest BCUT2D eigenvalue weighted by Crippen LogP contribution is 2.35. The van der Waals surface area contributed by atoms with Crippen LogP contribution in [0.5, 0.6) is 17.5 Å². The van der Waals surface area contributed by atoms with Crippen LogP contribution in [0.25, 0.3) is 10.8 Å². The number of amides is 1. The van der Waals surface area contributed by atoms with Gasteiger partial charge in [0.25, 0.3) is 0 Å². The summed E-state index contributed by atoms with van der Waals surface area (Å²) in [5.74, 6) is 0.287. The molecule has 6 heteroatoms. The number of carbonyl (C=O) groups excluding carboxylic acids is 1. The standard InChI is InChI=1S/C19H20N2O4/c1-25-14-8-6-13(7-9-14)10-11-20-17(22)12-21-18(23)15-4-2-3-5-16(15)19(21)24/h2-9,23-24H,10-12H2,1H3,(H,20,22). The number of nitrogens with zero attached hydrogens (tertiary/aromatic N) is 1. The summed E-state index contributed by atoms with van der Waals surface area (Å²) < 4.78 is 6.31. The Labute approximate surface area is 145 Å². The van der Waals surface area contributed by atoms with Crippen LogP contribution in [0, 0.1) is 0 Å². The molecule has 3 rings (SSSR count). The van der Waals surface area contributed by atoms with Crippen LogP contribution in [-0.4, -0.2) is 34.3 Å². The molecule has 0 aliphatic heterocycles. The number of hydrogen-bond donors (Lipinski definition) is 3. The van der Waals surface area contributed by atoms with Crippen LogP contribution in [0.1, 0.15) is 5.56 Å². The molecule has 0 aliphatic carbocycles. The van der Waals surface area contributed by atoms with Crippen molar-refractivity contribution >= 4 is 16.7 Å². The lowest BCUT2D eigenvalue weighted by Gasteiger charge is -2.08. The number of rotatable bonds is 6. The highest BCUT2D eigenvalue weighted by molar-refractivity contribution is 5.93. The molecule has 0 unspecified atom stereocenters. The minimum Gasteiger partial charge on any atom is -0.497 e. The van der Waals surface area contributed by atoms with E-state index in [1.165, 1.54) is 4.57 Å². The number of hydrogen-bond acceptors (Lipinski definition) is 4. The quantitative estimate of drug-likeness (QED) is 0.643. The van der Waals surface area contributed by atoms with Crippen LogP contribution < -0.4 is 10.1 Å². The molecule has 0 saturated carbocycles. The highest BCUT2D eigenvalue weighted by atomic mass is 16.5. The molecule has 130 valence electrons. The lowest BCUT2D eigenvalue weighted by Crippen LogP contribution is -2.29. The van der Waals surface area contributed by atoms with E-state index in [0.717, 1.165) is 11.3 Å². The van der Waals surface area contributed by atoms with E-state index in [1.54, 1.807) is 31.4 Å². The van der Waals surface area contributed by atoms with Gasteiger partial charge < -0.3 is 20.3 Å². The van der Waals surface area contributed by atoms with E-state index in [1.807, 2.05) is 24.3 Å². The lowest BCUT2D eigenvalue weighted by atomic mass is 10.1. The average molecular weight is 340 g/mol. The van der Waals surface area contributed by atoms with Gasteiger partial charge in [-0.25, -0.2) is 0 Å². The fraction of sp³-hybridized carbons (Fsp3) is 0.211. The van der Waals surface area contributed by atoms with Crippen LogP contribution in [0.4, 0.5) is 0 Å². The van der Waals surface area contributed by atoms with Crippen LogP contribution in [0.3, 0.4) is 0 Å². The van der Waals surface area contributed by atoms with Gasteiger partial charge in [0.1, 0.15) is 12.3 Å². The second-order valence-electron chi connectivity index (χ2n) is 5.73. The van der Waals surface area contributed by atoms with E-state index < -0.39 is 0 Å². The maximum atomic E-state index is 12.1. The second kappa shape index (κ2) is 7.17. The topological polar surface area (TPSA) is 83.7 Å². The molecule has 25 heavy (non-hydrogen) atoms. The molecule has 0 fully saturated rings. The van der Waals surface area contributed by atoms with Crippen LogP contribution in [-0.2, 0) is 17.8 Å². The third-order valence-corrected chi connectivity index (χ3v) is 4.12. The maximum absolute atomic E-state index is 12.1. The molecular formula is C19H20N2O4. The number of fused-ring (bicyclic) bond motifs is 1. The van der Waals surface area contributed by atoms with Gasteiger partial charge in [-0.15, -0.1) is 0 Å². The van der Waals surface area contributed by atoms with Crippen molar-refractivity contribution < 1.29 is 19.7 Å². The molecule has 3 N–H and O–H groups in total. The monoisotopic (exact) mass is 340 g/mol. The molecule has 0 radical (unpaired) electrons. The first-order chi connectivity index (χ1) is 12.1. The molecule has 1 heterocycles. The highest BCUT2D eigenvalue weighted by Gasteiger charge is 2.17. The van der Waals surface area contributed by atoms with E-state index >= 15 is 0 Å². The molecule has 0 bridgehead atoms. The summed E-state index contributed by atoms with van der Waals surface area (Å²) in [5, 5.41) is 24.2.